The lowest BCUT2D eigenvalue weighted by Gasteiger charge is -2.30. The third-order valence-corrected chi connectivity index (χ3v) is 4.91. The number of hydrogen-bond acceptors (Lipinski definition) is 3. The fraction of sp³-hybridized carbons (Fsp3) is 0.571. The molecule has 5 heteroatoms. The zero-order valence-electron chi connectivity index (χ0n) is 10.6. The van der Waals surface area contributed by atoms with Gasteiger partial charge < -0.3 is 5.11 Å². The van der Waals surface area contributed by atoms with Crippen molar-refractivity contribution < 1.29 is 5.11 Å². The number of halogens is 2. The summed E-state index contributed by atoms with van der Waals surface area (Å²) in [6.07, 6.45) is 6.60. The molecule has 1 saturated carbocycles. The van der Waals surface area contributed by atoms with Crippen molar-refractivity contribution in [3.05, 3.63) is 26.9 Å². The molecule has 0 spiro atoms. The van der Waals surface area contributed by atoms with Gasteiger partial charge >= 0.3 is 0 Å². The topological polar surface area (TPSA) is 56.9 Å². The van der Waals surface area contributed by atoms with Crippen LogP contribution < -0.4 is 0 Å². The molecule has 0 saturated heterocycles. The Kier molecular flexibility index (Phi) is 4.99. The molecule has 1 N–H and O–H groups in total. The first-order valence-electron chi connectivity index (χ1n) is 6.49. The van der Waals surface area contributed by atoms with Gasteiger partial charge in [0.05, 0.1) is 17.2 Å². The highest BCUT2D eigenvalue weighted by Gasteiger charge is 2.40. The first-order valence-corrected chi connectivity index (χ1v) is 8.08. The first kappa shape index (κ1) is 15.0. The number of hydrogen-bond donors (Lipinski definition) is 1. The van der Waals surface area contributed by atoms with Crippen LogP contribution in [0.25, 0.3) is 0 Å². The molecule has 0 radical (unpaired) electrons. The van der Waals surface area contributed by atoms with E-state index in [1.807, 2.05) is 6.07 Å². The summed E-state index contributed by atoms with van der Waals surface area (Å²) in [6.45, 7) is 0. The molecule has 1 aromatic rings. The van der Waals surface area contributed by atoms with E-state index in [4.69, 9.17) is 0 Å². The van der Waals surface area contributed by atoms with Crippen LogP contribution in [-0.2, 0) is 0 Å². The molecule has 3 nitrogen and oxygen atoms in total. The summed E-state index contributed by atoms with van der Waals surface area (Å²) in [7, 11) is 0. The molecule has 1 aliphatic carbocycles. The molecule has 1 unspecified atom stereocenters. The molecule has 1 aliphatic rings. The summed E-state index contributed by atoms with van der Waals surface area (Å²) >= 11 is 6.77. The molecule has 0 bridgehead atoms. The molecule has 19 heavy (non-hydrogen) atoms. The molecule has 0 aliphatic heterocycles. The number of nitriles is 1. The van der Waals surface area contributed by atoms with Crippen LogP contribution in [0.5, 0.6) is 0 Å². The predicted molar refractivity (Wildman–Crippen MR) is 80.3 cm³/mol. The van der Waals surface area contributed by atoms with Gasteiger partial charge in [0.2, 0.25) is 0 Å². The van der Waals surface area contributed by atoms with Crippen LogP contribution in [0.4, 0.5) is 0 Å². The van der Waals surface area contributed by atoms with Crippen molar-refractivity contribution >= 4 is 31.9 Å². The molecule has 2 rings (SSSR count). The van der Waals surface area contributed by atoms with Crippen molar-refractivity contribution in [3.63, 3.8) is 0 Å². The van der Waals surface area contributed by atoms with E-state index >= 15 is 0 Å². The number of aliphatic hydroxyl groups excluding tert-OH is 1. The molecule has 1 atom stereocenters. The molecular formula is C14H16Br2N2O. The number of aliphatic hydroxyl groups is 1. The van der Waals surface area contributed by atoms with Gasteiger partial charge in [-0.2, -0.15) is 5.26 Å². The average Bonchev–Trinajstić information content (AvgIpc) is 2.64. The van der Waals surface area contributed by atoms with Gasteiger partial charge in [0.15, 0.2) is 0 Å². The molecule has 0 amide bonds. The molecule has 1 aromatic heterocycles. The zero-order valence-corrected chi connectivity index (χ0v) is 13.7. The minimum Gasteiger partial charge on any atom is -0.385 e. The highest BCUT2D eigenvalue weighted by Crippen LogP contribution is 2.45. The highest BCUT2D eigenvalue weighted by atomic mass is 79.9. The number of nitrogens with zero attached hydrogens (tertiary/aromatic N) is 2. The van der Waals surface area contributed by atoms with E-state index in [2.05, 4.69) is 42.9 Å². The number of pyridine rings is 1. The Morgan fingerprint density at radius 1 is 1.26 bits per heavy atom. The van der Waals surface area contributed by atoms with Crippen LogP contribution in [0, 0.1) is 16.7 Å². The molecule has 0 aromatic carbocycles. The second-order valence-electron chi connectivity index (χ2n) is 5.11. The molecular weight excluding hydrogens is 372 g/mol. The minimum absolute atomic E-state index is 0.562. The van der Waals surface area contributed by atoms with E-state index in [-0.39, 0.29) is 0 Å². The quantitative estimate of drug-likeness (QED) is 0.759. The first-order chi connectivity index (χ1) is 9.09. The smallest absolute Gasteiger partial charge is 0.116 e. The largest absolute Gasteiger partial charge is 0.385 e. The Bertz CT molecular complexity index is 491. The maximum atomic E-state index is 10.7. The number of aromatic nitrogens is 1. The van der Waals surface area contributed by atoms with E-state index in [0.29, 0.717) is 5.69 Å². The van der Waals surface area contributed by atoms with E-state index in [1.165, 1.54) is 0 Å². The normalized spacial score (nSPS) is 20.3. The second kappa shape index (κ2) is 6.34. The van der Waals surface area contributed by atoms with Crippen molar-refractivity contribution in [2.75, 3.05) is 0 Å². The van der Waals surface area contributed by atoms with Crippen molar-refractivity contribution in [1.82, 2.24) is 4.98 Å². The molecule has 1 heterocycles. The Morgan fingerprint density at radius 3 is 2.42 bits per heavy atom. The van der Waals surface area contributed by atoms with Crippen molar-refractivity contribution in [3.8, 4) is 6.07 Å². The van der Waals surface area contributed by atoms with Gasteiger partial charge in [-0.3, -0.25) is 4.98 Å². The highest BCUT2D eigenvalue weighted by molar-refractivity contribution is 9.11. The van der Waals surface area contributed by atoms with Crippen molar-refractivity contribution in [2.45, 2.75) is 44.6 Å². The van der Waals surface area contributed by atoms with E-state index in [9.17, 15) is 10.4 Å². The van der Waals surface area contributed by atoms with Gasteiger partial charge in [-0.15, -0.1) is 0 Å². The van der Waals surface area contributed by atoms with Gasteiger partial charge in [0.1, 0.15) is 6.10 Å². The van der Waals surface area contributed by atoms with Crippen LogP contribution >= 0.6 is 31.9 Å². The van der Waals surface area contributed by atoms with E-state index in [0.717, 1.165) is 47.5 Å². The van der Waals surface area contributed by atoms with E-state index in [1.54, 1.807) is 6.20 Å². The average molecular weight is 388 g/mol. The monoisotopic (exact) mass is 386 g/mol. The number of rotatable bonds is 2. The summed E-state index contributed by atoms with van der Waals surface area (Å²) in [5.41, 5.74) is -0.133. The summed E-state index contributed by atoms with van der Waals surface area (Å²) in [5.74, 6) is 0. The standard InChI is InChI=1S/C14H16Br2N2O/c15-10-7-11(16)12(18-8-10)13(19)14(9-17)5-3-1-2-4-6-14/h7-8,13,19H,1-6H2. The summed E-state index contributed by atoms with van der Waals surface area (Å²) in [4.78, 5) is 4.28. The maximum Gasteiger partial charge on any atom is 0.116 e. The maximum absolute atomic E-state index is 10.7. The van der Waals surface area contributed by atoms with Crippen LogP contribution in [0.2, 0.25) is 0 Å². The lowest BCUT2D eigenvalue weighted by molar-refractivity contribution is 0.0475. The summed E-state index contributed by atoms with van der Waals surface area (Å²) < 4.78 is 1.59. The van der Waals surface area contributed by atoms with E-state index < -0.39 is 11.5 Å². The minimum atomic E-state index is -0.835. The summed E-state index contributed by atoms with van der Waals surface area (Å²) in [6, 6.07) is 4.23. The van der Waals surface area contributed by atoms with Gasteiger partial charge in [0, 0.05) is 15.1 Å². The fourth-order valence-electron chi connectivity index (χ4n) is 2.69. The lowest BCUT2D eigenvalue weighted by Crippen LogP contribution is -2.28. The Hall–Kier alpha value is -0.440. The third-order valence-electron chi connectivity index (χ3n) is 3.84. The van der Waals surface area contributed by atoms with Crippen LogP contribution in [0.1, 0.15) is 50.3 Å². The fourth-order valence-corrected chi connectivity index (χ4v) is 3.90. The zero-order chi connectivity index (χ0) is 13.9. The Labute approximate surface area is 130 Å². The predicted octanol–water partition coefficient (Wildman–Crippen LogP) is 4.50. The van der Waals surface area contributed by atoms with Gasteiger partial charge in [-0.25, -0.2) is 0 Å². The van der Waals surface area contributed by atoms with Crippen LogP contribution in [-0.4, -0.2) is 10.1 Å². The third kappa shape index (κ3) is 3.18. The van der Waals surface area contributed by atoms with Gasteiger partial charge in [0.25, 0.3) is 0 Å². The SMILES string of the molecule is N#CC1(C(O)c2ncc(Br)cc2Br)CCCCCC1. The van der Waals surface area contributed by atoms with Crippen molar-refractivity contribution in [1.29, 1.82) is 5.26 Å². The summed E-state index contributed by atoms with van der Waals surface area (Å²) in [5, 5.41) is 20.2. The second-order valence-corrected chi connectivity index (χ2v) is 6.88. The lowest BCUT2D eigenvalue weighted by atomic mass is 9.75. The molecule has 1 fully saturated rings. The Balaban J connectivity index is 2.34. The Morgan fingerprint density at radius 2 is 1.89 bits per heavy atom. The van der Waals surface area contributed by atoms with Crippen molar-refractivity contribution in [2.24, 2.45) is 5.41 Å². The van der Waals surface area contributed by atoms with Gasteiger partial charge in [-0.1, -0.05) is 25.7 Å². The van der Waals surface area contributed by atoms with Crippen LogP contribution in [0.3, 0.4) is 0 Å². The van der Waals surface area contributed by atoms with Crippen LogP contribution in [0.15, 0.2) is 21.2 Å². The van der Waals surface area contributed by atoms with Gasteiger partial charge in [-0.05, 0) is 50.8 Å². The molecule has 102 valence electrons.